The molecule has 0 saturated carbocycles. The molecule has 0 bridgehead atoms. The van der Waals surface area contributed by atoms with Crippen LogP contribution in [0.5, 0.6) is 0 Å². The highest BCUT2D eigenvalue weighted by Crippen LogP contribution is 2.29. The third-order valence-electron chi connectivity index (χ3n) is 3.37. The average Bonchev–Trinajstić information content (AvgIpc) is 3.07. The average molecular weight is 374 g/mol. The molecule has 0 fully saturated rings. The summed E-state index contributed by atoms with van der Waals surface area (Å²) in [6.45, 7) is 2.05. The van der Waals surface area contributed by atoms with Crippen molar-refractivity contribution in [1.29, 1.82) is 0 Å². The summed E-state index contributed by atoms with van der Waals surface area (Å²) in [5, 5.41) is 0.683. The molecule has 25 heavy (non-hydrogen) atoms. The standard InChI is InChI=1S/C19H16ClNO3S/c1-2-23-19(22)17-16(12-25-15-10-8-14(20)9-11-15)24-18(21-17)13-6-4-3-5-7-13/h3-11H,2,12H2,1H3. The maximum atomic E-state index is 12.2. The summed E-state index contributed by atoms with van der Waals surface area (Å²) in [6.07, 6.45) is 0. The van der Waals surface area contributed by atoms with E-state index in [0.29, 0.717) is 22.4 Å². The van der Waals surface area contributed by atoms with Gasteiger partial charge in [-0.2, -0.15) is 0 Å². The van der Waals surface area contributed by atoms with Crippen LogP contribution in [0.1, 0.15) is 23.2 Å². The molecule has 1 aromatic heterocycles. The first-order chi connectivity index (χ1) is 12.2. The van der Waals surface area contributed by atoms with Gasteiger partial charge in [-0.1, -0.05) is 29.8 Å². The topological polar surface area (TPSA) is 52.3 Å². The van der Waals surface area contributed by atoms with Crippen molar-refractivity contribution >= 4 is 29.3 Å². The minimum Gasteiger partial charge on any atom is -0.461 e. The van der Waals surface area contributed by atoms with E-state index in [-0.39, 0.29) is 12.3 Å². The number of esters is 1. The number of carbonyl (C=O) groups is 1. The highest BCUT2D eigenvalue weighted by atomic mass is 35.5. The molecule has 2 aromatic carbocycles. The number of halogens is 1. The number of nitrogens with zero attached hydrogens (tertiary/aromatic N) is 1. The molecule has 0 unspecified atom stereocenters. The molecule has 0 aliphatic carbocycles. The Morgan fingerprint density at radius 3 is 2.56 bits per heavy atom. The van der Waals surface area contributed by atoms with Crippen molar-refractivity contribution in [2.75, 3.05) is 6.61 Å². The van der Waals surface area contributed by atoms with Gasteiger partial charge in [0.15, 0.2) is 5.69 Å². The molecule has 1 heterocycles. The second kappa shape index (κ2) is 8.23. The molecule has 3 aromatic rings. The highest BCUT2D eigenvalue weighted by Gasteiger charge is 2.22. The second-order valence-corrected chi connectivity index (χ2v) is 6.61. The van der Waals surface area contributed by atoms with Crippen LogP contribution in [0.3, 0.4) is 0 Å². The normalized spacial score (nSPS) is 10.6. The molecule has 3 rings (SSSR count). The predicted octanol–water partition coefficient (Wildman–Crippen LogP) is 5.46. The van der Waals surface area contributed by atoms with E-state index in [9.17, 15) is 4.79 Å². The molecular weight excluding hydrogens is 358 g/mol. The van der Waals surface area contributed by atoms with Gasteiger partial charge < -0.3 is 9.15 Å². The lowest BCUT2D eigenvalue weighted by atomic mass is 10.2. The van der Waals surface area contributed by atoms with E-state index in [1.165, 1.54) is 0 Å². The molecule has 0 atom stereocenters. The van der Waals surface area contributed by atoms with Gasteiger partial charge in [0.25, 0.3) is 0 Å². The van der Waals surface area contributed by atoms with Crippen LogP contribution in [0.4, 0.5) is 0 Å². The van der Waals surface area contributed by atoms with Crippen molar-refractivity contribution in [3.8, 4) is 11.5 Å². The van der Waals surface area contributed by atoms with Crippen molar-refractivity contribution in [1.82, 2.24) is 4.98 Å². The number of aromatic nitrogens is 1. The van der Waals surface area contributed by atoms with Gasteiger partial charge in [0, 0.05) is 15.5 Å². The van der Waals surface area contributed by atoms with Gasteiger partial charge in [-0.05, 0) is 43.3 Å². The van der Waals surface area contributed by atoms with E-state index in [4.69, 9.17) is 20.8 Å². The number of hydrogen-bond donors (Lipinski definition) is 0. The molecule has 0 spiro atoms. The number of rotatable bonds is 6. The van der Waals surface area contributed by atoms with E-state index in [2.05, 4.69) is 4.98 Å². The Hall–Kier alpha value is -2.24. The fraction of sp³-hybridized carbons (Fsp3) is 0.158. The summed E-state index contributed by atoms with van der Waals surface area (Å²) in [7, 11) is 0. The van der Waals surface area contributed by atoms with Gasteiger partial charge in [0.1, 0.15) is 5.76 Å². The van der Waals surface area contributed by atoms with E-state index >= 15 is 0 Å². The summed E-state index contributed by atoms with van der Waals surface area (Å²) in [5.74, 6) is 0.906. The van der Waals surface area contributed by atoms with Gasteiger partial charge in [-0.25, -0.2) is 9.78 Å². The van der Waals surface area contributed by atoms with Gasteiger partial charge in [0.2, 0.25) is 5.89 Å². The summed E-state index contributed by atoms with van der Waals surface area (Å²) in [5.41, 5.74) is 1.04. The maximum absolute atomic E-state index is 12.2. The highest BCUT2D eigenvalue weighted by molar-refractivity contribution is 7.98. The van der Waals surface area contributed by atoms with E-state index in [1.807, 2.05) is 54.6 Å². The molecule has 0 saturated heterocycles. The first-order valence-corrected chi connectivity index (χ1v) is 9.14. The molecule has 0 radical (unpaired) electrons. The zero-order valence-corrected chi connectivity index (χ0v) is 15.1. The second-order valence-electron chi connectivity index (χ2n) is 5.12. The minimum absolute atomic E-state index is 0.224. The molecular formula is C19H16ClNO3S. The number of oxazole rings is 1. The number of benzene rings is 2. The molecule has 0 amide bonds. The fourth-order valence-electron chi connectivity index (χ4n) is 2.19. The third-order valence-corrected chi connectivity index (χ3v) is 4.63. The van der Waals surface area contributed by atoms with Crippen LogP contribution >= 0.6 is 23.4 Å². The van der Waals surface area contributed by atoms with Crippen LogP contribution in [0, 0.1) is 0 Å². The quantitative estimate of drug-likeness (QED) is 0.424. The Balaban J connectivity index is 1.86. The number of ether oxygens (including phenoxy) is 1. The summed E-state index contributed by atoms with van der Waals surface area (Å²) in [6, 6.07) is 17.0. The first kappa shape index (κ1) is 17.6. The maximum Gasteiger partial charge on any atom is 0.360 e. The molecule has 128 valence electrons. The summed E-state index contributed by atoms with van der Waals surface area (Å²) >= 11 is 7.44. The summed E-state index contributed by atoms with van der Waals surface area (Å²) in [4.78, 5) is 17.6. The largest absolute Gasteiger partial charge is 0.461 e. The van der Waals surface area contributed by atoms with Crippen molar-refractivity contribution in [2.24, 2.45) is 0 Å². The van der Waals surface area contributed by atoms with Crippen LogP contribution in [0.2, 0.25) is 5.02 Å². The fourth-order valence-corrected chi connectivity index (χ4v) is 3.14. The van der Waals surface area contributed by atoms with E-state index in [0.717, 1.165) is 10.5 Å². The van der Waals surface area contributed by atoms with E-state index < -0.39 is 5.97 Å². The third kappa shape index (κ3) is 4.44. The van der Waals surface area contributed by atoms with Gasteiger partial charge in [-0.3, -0.25) is 0 Å². The Bertz CT molecular complexity index is 847. The lowest BCUT2D eigenvalue weighted by molar-refractivity contribution is 0.0518. The molecule has 0 aliphatic heterocycles. The molecule has 0 aliphatic rings. The van der Waals surface area contributed by atoms with Crippen molar-refractivity contribution < 1.29 is 13.9 Å². The molecule has 0 N–H and O–H groups in total. The number of hydrogen-bond acceptors (Lipinski definition) is 5. The summed E-state index contributed by atoms with van der Waals surface area (Å²) < 4.78 is 11.0. The Morgan fingerprint density at radius 2 is 1.88 bits per heavy atom. The van der Waals surface area contributed by atoms with Crippen LogP contribution in [0.25, 0.3) is 11.5 Å². The lowest BCUT2D eigenvalue weighted by Gasteiger charge is -2.02. The number of thioether (sulfide) groups is 1. The van der Waals surface area contributed by atoms with Crippen molar-refractivity contribution in [3.63, 3.8) is 0 Å². The van der Waals surface area contributed by atoms with Crippen LogP contribution in [-0.4, -0.2) is 17.6 Å². The predicted molar refractivity (Wildman–Crippen MR) is 98.9 cm³/mol. The van der Waals surface area contributed by atoms with Gasteiger partial charge >= 0.3 is 5.97 Å². The smallest absolute Gasteiger partial charge is 0.360 e. The van der Waals surface area contributed by atoms with Gasteiger partial charge in [-0.15, -0.1) is 11.8 Å². The van der Waals surface area contributed by atoms with Crippen LogP contribution in [0.15, 0.2) is 63.9 Å². The Kier molecular flexibility index (Phi) is 5.79. The molecule has 4 nitrogen and oxygen atoms in total. The SMILES string of the molecule is CCOC(=O)c1nc(-c2ccccc2)oc1CSc1ccc(Cl)cc1. The van der Waals surface area contributed by atoms with Crippen LogP contribution in [-0.2, 0) is 10.5 Å². The lowest BCUT2D eigenvalue weighted by Crippen LogP contribution is -2.07. The van der Waals surface area contributed by atoms with Gasteiger partial charge in [0.05, 0.1) is 12.4 Å². The number of carbonyl (C=O) groups excluding carboxylic acids is 1. The minimum atomic E-state index is -0.472. The monoisotopic (exact) mass is 373 g/mol. The van der Waals surface area contributed by atoms with Crippen molar-refractivity contribution in [3.05, 3.63) is 71.1 Å². The zero-order chi connectivity index (χ0) is 17.6. The molecule has 6 heteroatoms. The van der Waals surface area contributed by atoms with E-state index in [1.54, 1.807) is 18.7 Å². The zero-order valence-electron chi connectivity index (χ0n) is 13.6. The van der Waals surface area contributed by atoms with Crippen LogP contribution < -0.4 is 0 Å². The first-order valence-electron chi connectivity index (χ1n) is 7.78. The Morgan fingerprint density at radius 1 is 1.16 bits per heavy atom. The van der Waals surface area contributed by atoms with Crippen molar-refractivity contribution in [2.45, 2.75) is 17.6 Å². The Labute approximate surface area is 155 Å².